The van der Waals surface area contributed by atoms with Crippen LogP contribution in [0.15, 0.2) is 36.7 Å². The molecule has 0 aliphatic heterocycles. The Morgan fingerprint density at radius 1 is 1.31 bits per heavy atom. The Hall–Kier alpha value is -2.91. The molecule has 134 valence electrons. The van der Waals surface area contributed by atoms with E-state index in [2.05, 4.69) is 20.8 Å². The summed E-state index contributed by atoms with van der Waals surface area (Å²) >= 11 is 12.1. The average molecular weight is 395 g/mol. The lowest BCUT2D eigenvalue weighted by Gasteiger charge is -2.11. The smallest absolute Gasteiger partial charge is 0.312 e. The van der Waals surface area contributed by atoms with E-state index in [0.29, 0.717) is 21.0 Å². The molecule has 0 radical (unpaired) electrons. The lowest BCUT2D eigenvalue weighted by Crippen LogP contribution is -2.41. The summed E-state index contributed by atoms with van der Waals surface area (Å²) in [4.78, 5) is 12.3. The van der Waals surface area contributed by atoms with E-state index in [4.69, 9.17) is 28.9 Å². The minimum atomic E-state index is -0.358. The van der Waals surface area contributed by atoms with Crippen LogP contribution in [-0.4, -0.2) is 31.3 Å². The number of pyridine rings is 1. The van der Waals surface area contributed by atoms with Gasteiger partial charge in [0.25, 0.3) is 0 Å². The molecular weight excluding hydrogens is 381 g/mol. The van der Waals surface area contributed by atoms with Crippen LogP contribution in [0.4, 0.5) is 5.82 Å². The van der Waals surface area contributed by atoms with Gasteiger partial charge in [-0.25, -0.2) is 4.68 Å². The molecule has 0 aliphatic carbocycles. The molecule has 1 amide bonds. The van der Waals surface area contributed by atoms with Gasteiger partial charge in [-0.05, 0) is 45.0 Å². The number of nitrogens with two attached hydrogens (primary N) is 1. The van der Waals surface area contributed by atoms with Crippen LogP contribution < -0.4 is 15.8 Å². The first-order valence-electron chi connectivity index (χ1n) is 7.42. The Bertz CT molecular complexity index is 947. The molecule has 11 heteroatoms. The largest absolute Gasteiger partial charge is 0.352 e. The monoisotopic (exact) mass is 394 g/mol. The fraction of sp³-hybridized carbons (Fsp3) is 0.133. The van der Waals surface area contributed by atoms with E-state index in [9.17, 15) is 10.0 Å². The van der Waals surface area contributed by atoms with Crippen LogP contribution in [0.5, 0.6) is 0 Å². The van der Waals surface area contributed by atoms with Crippen molar-refractivity contribution in [1.29, 1.82) is 0 Å². The van der Waals surface area contributed by atoms with E-state index in [1.54, 1.807) is 18.2 Å². The van der Waals surface area contributed by atoms with Gasteiger partial charge in [0.05, 0.1) is 17.1 Å². The summed E-state index contributed by atoms with van der Waals surface area (Å²) in [6.07, 6.45) is 1.29. The van der Waals surface area contributed by atoms with Gasteiger partial charge < -0.3 is 10.5 Å². The molecule has 1 aromatic carbocycles. The van der Waals surface area contributed by atoms with Crippen molar-refractivity contribution in [1.82, 2.24) is 25.5 Å². The molecule has 4 N–H and O–H groups in total. The minimum Gasteiger partial charge on any atom is -0.352 e. The summed E-state index contributed by atoms with van der Waals surface area (Å²) in [6, 6.07) is 8.10. The van der Waals surface area contributed by atoms with E-state index in [0.717, 1.165) is 0 Å². The Morgan fingerprint density at radius 3 is 2.85 bits per heavy atom. The number of halogens is 2. The maximum absolute atomic E-state index is 12.3. The number of rotatable bonds is 5. The van der Waals surface area contributed by atoms with Crippen molar-refractivity contribution in [3.63, 3.8) is 0 Å². The Labute approximate surface area is 157 Å². The number of amides is 1. The third-order valence-electron chi connectivity index (χ3n) is 3.62. The topological polar surface area (TPSA) is 123 Å². The third-order valence-corrected chi connectivity index (χ3v) is 4.20. The van der Waals surface area contributed by atoms with Crippen LogP contribution in [0.3, 0.4) is 0 Å². The summed E-state index contributed by atoms with van der Waals surface area (Å²) in [7, 11) is 0. The molecule has 0 spiro atoms. The Balaban J connectivity index is 1.75. The summed E-state index contributed by atoms with van der Waals surface area (Å²) in [5.41, 5.74) is 7.19. The van der Waals surface area contributed by atoms with Crippen molar-refractivity contribution in [3.8, 4) is 5.69 Å². The number of carbonyl (C=O) groups is 1. The van der Waals surface area contributed by atoms with E-state index >= 15 is 0 Å². The molecule has 0 atom stereocenters. The number of nitrogens with one attached hydrogen (secondary N) is 1. The van der Waals surface area contributed by atoms with Gasteiger partial charge in [0.2, 0.25) is 5.91 Å². The molecule has 2 heterocycles. The molecule has 0 saturated heterocycles. The fourth-order valence-electron chi connectivity index (χ4n) is 2.34. The number of tetrazole rings is 1. The average Bonchev–Trinajstić information content (AvgIpc) is 3.15. The second kappa shape index (κ2) is 7.54. The molecular formula is C15H14Cl2N7O2+. The number of carbonyl (C=O) groups excluding carboxylic acids is 1. The number of hydrogen-bond acceptors (Lipinski definition) is 6. The van der Waals surface area contributed by atoms with Crippen molar-refractivity contribution in [2.75, 3.05) is 5.73 Å². The molecule has 2 aromatic heterocycles. The highest BCUT2D eigenvalue weighted by Crippen LogP contribution is 2.19. The standard InChI is InChI=1S/C15H13Cl2N7O2/c16-10-1-3-12(23-8-20-21-22-23)9(5-10)7-19-15(25)6-13-11(17)2-4-14(18)24(13)26/h1-5,8,18,26H,6-7H2,(H,19,25)/p+1. The Morgan fingerprint density at radius 2 is 2.12 bits per heavy atom. The molecule has 0 aliphatic rings. The molecule has 9 nitrogen and oxygen atoms in total. The molecule has 3 aromatic rings. The first kappa shape index (κ1) is 17.9. The third kappa shape index (κ3) is 3.84. The zero-order chi connectivity index (χ0) is 18.7. The van der Waals surface area contributed by atoms with Crippen molar-refractivity contribution < 1.29 is 14.7 Å². The number of nitrogen functional groups attached to an aromatic ring is 1. The minimum absolute atomic E-state index is 0.0769. The lowest BCUT2D eigenvalue weighted by molar-refractivity contribution is -0.897. The van der Waals surface area contributed by atoms with Gasteiger partial charge in [0, 0.05) is 17.6 Å². The number of benzene rings is 1. The van der Waals surface area contributed by atoms with E-state index in [1.807, 2.05) is 0 Å². The zero-order valence-corrected chi connectivity index (χ0v) is 14.8. The molecule has 0 bridgehead atoms. The number of anilines is 1. The fourth-order valence-corrected chi connectivity index (χ4v) is 2.75. The summed E-state index contributed by atoms with van der Waals surface area (Å²) in [5, 5.41) is 24.4. The number of aromatic nitrogens is 5. The molecule has 0 saturated carbocycles. The summed E-state index contributed by atoms with van der Waals surface area (Å²) < 4.78 is 2.15. The van der Waals surface area contributed by atoms with E-state index < -0.39 is 0 Å². The number of hydrogen-bond donors (Lipinski definition) is 3. The van der Waals surface area contributed by atoms with Gasteiger partial charge in [0.1, 0.15) is 6.33 Å². The maximum Gasteiger partial charge on any atom is 0.312 e. The Kier molecular flexibility index (Phi) is 5.19. The van der Waals surface area contributed by atoms with E-state index in [-0.39, 0.29) is 35.4 Å². The SMILES string of the molecule is Nc1ccc(Cl)c(CC(=O)NCc2cc(Cl)ccc2-n2cnnn2)[n+]1O. The molecule has 0 unspecified atom stereocenters. The summed E-state index contributed by atoms with van der Waals surface area (Å²) in [6.45, 7) is 0.181. The van der Waals surface area contributed by atoms with Crippen LogP contribution in [0, 0.1) is 0 Å². The lowest BCUT2D eigenvalue weighted by atomic mass is 10.1. The highest BCUT2D eigenvalue weighted by Gasteiger charge is 2.19. The van der Waals surface area contributed by atoms with Gasteiger partial charge >= 0.3 is 5.82 Å². The van der Waals surface area contributed by atoms with Crippen LogP contribution in [0.2, 0.25) is 10.0 Å². The first-order valence-corrected chi connectivity index (χ1v) is 8.18. The van der Waals surface area contributed by atoms with Crippen LogP contribution in [-0.2, 0) is 17.8 Å². The predicted octanol–water partition coefficient (Wildman–Crippen LogP) is 0.935. The predicted molar refractivity (Wildman–Crippen MR) is 93.0 cm³/mol. The zero-order valence-electron chi connectivity index (χ0n) is 13.3. The first-order chi connectivity index (χ1) is 12.5. The second-order valence-electron chi connectivity index (χ2n) is 5.35. The van der Waals surface area contributed by atoms with Crippen LogP contribution >= 0.6 is 23.2 Å². The van der Waals surface area contributed by atoms with Gasteiger partial charge in [-0.1, -0.05) is 23.2 Å². The molecule has 3 rings (SSSR count). The highest BCUT2D eigenvalue weighted by atomic mass is 35.5. The van der Waals surface area contributed by atoms with Crippen molar-refractivity contribution >= 4 is 34.9 Å². The second-order valence-corrected chi connectivity index (χ2v) is 6.19. The molecule has 26 heavy (non-hydrogen) atoms. The van der Waals surface area contributed by atoms with Crippen molar-refractivity contribution in [2.24, 2.45) is 0 Å². The van der Waals surface area contributed by atoms with Gasteiger partial charge in [-0.2, -0.15) is 0 Å². The van der Waals surface area contributed by atoms with Gasteiger partial charge in [0.15, 0.2) is 5.69 Å². The molecule has 0 fully saturated rings. The van der Waals surface area contributed by atoms with Crippen LogP contribution in [0.1, 0.15) is 11.3 Å². The van der Waals surface area contributed by atoms with Gasteiger partial charge in [-0.15, -0.1) is 5.10 Å². The highest BCUT2D eigenvalue weighted by molar-refractivity contribution is 6.31. The van der Waals surface area contributed by atoms with E-state index in [1.165, 1.54) is 23.1 Å². The van der Waals surface area contributed by atoms with Gasteiger partial charge in [-0.3, -0.25) is 10.5 Å². The summed E-state index contributed by atoms with van der Waals surface area (Å²) in [5.74, 6) is -0.282. The van der Waals surface area contributed by atoms with Crippen molar-refractivity contribution in [2.45, 2.75) is 13.0 Å². The van der Waals surface area contributed by atoms with Crippen molar-refractivity contribution in [3.05, 3.63) is 58.0 Å². The normalized spacial score (nSPS) is 10.7. The maximum atomic E-state index is 12.3. The van der Waals surface area contributed by atoms with Crippen LogP contribution in [0.25, 0.3) is 5.69 Å². The number of nitrogens with zero attached hydrogens (tertiary/aromatic N) is 5. The quantitative estimate of drug-likeness (QED) is 0.437.